The van der Waals surface area contributed by atoms with Gasteiger partial charge in [0.2, 0.25) is 0 Å². The Morgan fingerprint density at radius 1 is 0.382 bits per heavy atom. The van der Waals surface area contributed by atoms with Gasteiger partial charge in [-0.05, 0) is 54.8 Å². The monoisotopic (exact) mass is 441 g/mol. The molecular formula is C33H31N. The van der Waals surface area contributed by atoms with Crippen LogP contribution < -0.4 is 5.32 Å². The normalized spacial score (nSPS) is 10.3. The third-order valence-electron chi connectivity index (χ3n) is 5.79. The smallest absolute Gasteiger partial charge is 0.0384 e. The lowest BCUT2D eigenvalue weighted by Crippen LogP contribution is -2.02. The molecule has 0 spiro atoms. The number of hydrogen-bond donors (Lipinski definition) is 1. The molecule has 0 bridgehead atoms. The fourth-order valence-corrected chi connectivity index (χ4v) is 3.95. The average Bonchev–Trinajstić information content (AvgIpc) is 2.89. The maximum atomic E-state index is 3.36. The summed E-state index contributed by atoms with van der Waals surface area (Å²) in [5.74, 6) is 0.309. The Hall–Kier alpha value is -4.10. The maximum absolute atomic E-state index is 3.36. The second-order valence-corrected chi connectivity index (χ2v) is 8.52. The van der Waals surface area contributed by atoms with Crippen molar-refractivity contribution in [2.75, 3.05) is 5.32 Å². The molecule has 0 aliphatic heterocycles. The fraction of sp³-hybridized carbons (Fsp3) is 0.0909. The van der Waals surface area contributed by atoms with Crippen molar-refractivity contribution in [1.29, 1.82) is 0 Å². The Morgan fingerprint density at radius 3 is 0.971 bits per heavy atom. The molecule has 0 saturated carbocycles. The van der Waals surface area contributed by atoms with E-state index in [1.165, 1.54) is 27.8 Å². The largest absolute Gasteiger partial charge is 0.356 e. The van der Waals surface area contributed by atoms with Crippen LogP contribution in [0.4, 0.5) is 11.4 Å². The first-order valence-electron chi connectivity index (χ1n) is 11.7. The summed E-state index contributed by atoms with van der Waals surface area (Å²) in [5.41, 5.74) is 8.82. The summed E-state index contributed by atoms with van der Waals surface area (Å²) in [6.07, 6.45) is 0. The van der Waals surface area contributed by atoms with Gasteiger partial charge in [-0.1, -0.05) is 126 Å². The minimum absolute atomic E-state index is 0.309. The highest BCUT2D eigenvalue weighted by Gasteiger charge is 2.15. The van der Waals surface area contributed by atoms with Crippen molar-refractivity contribution in [3.05, 3.63) is 167 Å². The first kappa shape index (κ1) is 23.1. The second-order valence-electron chi connectivity index (χ2n) is 8.52. The summed E-state index contributed by atoms with van der Waals surface area (Å²) in [7, 11) is 0. The summed E-state index contributed by atoms with van der Waals surface area (Å²) in [4.78, 5) is 0. The van der Waals surface area contributed by atoms with E-state index in [-0.39, 0.29) is 0 Å². The lowest BCUT2D eigenvalue weighted by molar-refractivity contribution is 0.977. The van der Waals surface area contributed by atoms with Gasteiger partial charge >= 0.3 is 0 Å². The molecule has 0 atom stereocenters. The van der Waals surface area contributed by atoms with Crippen LogP contribution in [0.2, 0.25) is 0 Å². The standard InChI is InChI=1S/C19H16.C14H15N/c1-4-10-16(11-5-1)19(17-12-6-2-7-13-17)18-14-8-3-9-15-18;1-11-3-7-13(8-4-11)15-14-9-5-12(2)6-10-14/h1-15,19H;3-10,15H,1-2H3. The van der Waals surface area contributed by atoms with Crippen molar-refractivity contribution < 1.29 is 0 Å². The van der Waals surface area contributed by atoms with Crippen LogP contribution in [0.15, 0.2) is 140 Å². The maximum Gasteiger partial charge on any atom is 0.0384 e. The quantitative estimate of drug-likeness (QED) is 0.268. The van der Waals surface area contributed by atoms with Crippen LogP contribution in [0.25, 0.3) is 0 Å². The molecule has 5 aromatic rings. The van der Waals surface area contributed by atoms with E-state index in [0.29, 0.717) is 5.92 Å². The molecule has 0 fully saturated rings. The summed E-state index contributed by atoms with van der Waals surface area (Å²) in [6, 6.07) is 48.8. The van der Waals surface area contributed by atoms with Gasteiger partial charge in [-0.3, -0.25) is 0 Å². The molecule has 0 radical (unpaired) electrons. The van der Waals surface area contributed by atoms with E-state index < -0.39 is 0 Å². The molecular weight excluding hydrogens is 410 g/mol. The SMILES string of the molecule is Cc1ccc(Nc2ccc(C)cc2)cc1.c1ccc(C(c2ccccc2)c2ccccc2)cc1. The van der Waals surface area contributed by atoms with E-state index >= 15 is 0 Å². The van der Waals surface area contributed by atoms with Crippen LogP contribution >= 0.6 is 0 Å². The number of aryl methyl sites for hydroxylation is 2. The predicted octanol–water partition coefficient (Wildman–Crippen LogP) is 8.91. The molecule has 168 valence electrons. The number of hydrogen-bond acceptors (Lipinski definition) is 1. The minimum atomic E-state index is 0.309. The van der Waals surface area contributed by atoms with Crippen LogP contribution in [0.1, 0.15) is 33.7 Å². The summed E-state index contributed by atoms with van der Waals surface area (Å²) in [6.45, 7) is 4.19. The highest BCUT2D eigenvalue weighted by atomic mass is 14.9. The molecule has 5 aromatic carbocycles. The number of benzene rings is 5. The van der Waals surface area contributed by atoms with E-state index in [1.54, 1.807) is 0 Å². The van der Waals surface area contributed by atoms with Crippen molar-refractivity contribution in [3.8, 4) is 0 Å². The number of anilines is 2. The molecule has 1 N–H and O–H groups in total. The molecule has 1 nitrogen and oxygen atoms in total. The first-order chi connectivity index (χ1) is 16.7. The predicted molar refractivity (Wildman–Crippen MR) is 146 cm³/mol. The molecule has 0 saturated heterocycles. The molecule has 34 heavy (non-hydrogen) atoms. The van der Waals surface area contributed by atoms with Gasteiger partial charge in [0, 0.05) is 17.3 Å². The zero-order chi connectivity index (χ0) is 23.6. The van der Waals surface area contributed by atoms with Gasteiger partial charge in [0.25, 0.3) is 0 Å². The van der Waals surface area contributed by atoms with Crippen molar-refractivity contribution in [2.45, 2.75) is 19.8 Å². The van der Waals surface area contributed by atoms with Gasteiger partial charge in [0.1, 0.15) is 0 Å². The highest BCUT2D eigenvalue weighted by molar-refractivity contribution is 5.59. The zero-order valence-corrected chi connectivity index (χ0v) is 19.9. The van der Waals surface area contributed by atoms with Crippen molar-refractivity contribution in [3.63, 3.8) is 0 Å². The summed E-state index contributed by atoms with van der Waals surface area (Å²) >= 11 is 0. The lowest BCUT2D eigenvalue weighted by Gasteiger charge is -2.18. The Balaban J connectivity index is 0.000000166. The molecule has 0 heterocycles. The minimum Gasteiger partial charge on any atom is -0.356 e. The van der Waals surface area contributed by atoms with Crippen molar-refractivity contribution in [2.24, 2.45) is 0 Å². The molecule has 1 heteroatoms. The highest BCUT2D eigenvalue weighted by Crippen LogP contribution is 2.31. The van der Waals surface area contributed by atoms with E-state index in [9.17, 15) is 0 Å². The van der Waals surface area contributed by atoms with E-state index in [2.05, 4.69) is 159 Å². The van der Waals surface area contributed by atoms with Gasteiger partial charge in [-0.2, -0.15) is 0 Å². The van der Waals surface area contributed by atoms with Crippen LogP contribution in [-0.4, -0.2) is 0 Å². The fourth-order valence-electron chi connectivity index (χ4n) is 3.95. The third kappa shape index (κ3) is 6.46. The van der Waals surface area contributed by atoms with E-state index in [0.717, 1.165) is 11.4 Å². The van der Waals surface area contributed by atoms with Crippen LogP contribution in [0, 0.1) is 13.8 Å². The lowest BCUT2D eigenvalue weighted by atomic mass is 9.85. The molecule has 0 unspecified atom stereocenters. The average molecular weight is 442 g/mol. The van der Waals surface area contributed by atoms with Crippen LogP contribution in [0.3, 0.4) is 0 Å². The molecule has 0 aromatic heterocycles. The van der Waals surface area contributed by atoms with E-state index in [4.69, 9.17) is 0 Å². The second kappa shape index (κ2) is 11.7. The zero-order valence-electron chi connectivity index (χ0n) is 19.9. The molecule has 0 aliphatic carbocycles. The Labute approximate surface area is 203 Å². The Morgan fingerprint density at radius 2 is 0.676 bits per heavy atom. The number of rotatable bonds is 5. The Kier molecular flexibility index (Phi) is 7.92. The van der Waals surface area contributed by atoms with Gasteiger partial charge in [-0.15, -0.1) is 0 Å². The molecule has 0 aliphatic rings. The van der Waals surface area contributed by atoms with Gasteiger partial charge in [0.15, 0.2) is 0 Å². The third-order valence-corrected chi connectivity index (χ3v) is 5.79. The van der Waals surface area contributed by atoms with Gasteiger partial charge in [0.05, 0.1) is 0 Å². The van der Waals surface area contributed by atoms with Crippen molar-refractivity contribution in [1.82, 2.24) is 0 Å². The topological polar surface area (TPSA) is 12.0 Å². The molecule has 0 amide bonds. The molecule has 5 rings (SSSR count). The Bertz CT molecular complexity index is 1110. The van der Waals surface area contributed by atoms with Gasteiger partial charge < -0.3 is 5.32 Å². The summed E-state index contributed by atoms with van der Waals surface area (Å²) < 4.78 is 0. The van der Waals surface area contributed by atoms with Gasteiger partial charge in [-0.25, -0.2) is 0 Å². The van der Waals surface area contributed by atoms with Crippen LogP contribution in [-0.2, 0) is 0 Å². The first-order valence-corrected chi connectivity index (χ1v) is 11.7. The van der Waals surface area contributed by atoms with E-state index in [1.807, 2.05) is 0 Å². The van der Waals surface area contributed by atoms with Crippen molar-refractivity contribution >= 4 is 11.4 Å². The number of nitrogens with one attached hydrogen (secondary N) is 1. The summed E-state index contributed by atoms with van der Waals surface area (Å²) in [5, 5.41) is 3.36. The van der Waals surface area contributed by atoms with Crippen LogP contribution in [0.5, 0.6) is 0 Å².